The quantitative estimate of drug-likeness (QED) is 0.891. The molecule has 1 heterocycles. The van der Waals surface area contributed by atoms with Gasteiger partial charge in [0.05, 0.1) is 12.7 Å². The Kier molecular flexibility index (Phi) is 5.71. The summed E-state index contributed by atoms with van der Waals surface area (Å²) in [6.45, 7) is 6.16. The molecular weight excluding hydrogens is 312 g/mol. The average molecular weight is 338 g/mol. The van der Waals surface area contributed by atoms with Crippen LogP contribution in [0.15, 0.2) is 48.5 Å². The lowest BCUT2D eigenvalue weighted by atomic mass is 10.1. The van der Waals surface area contributed by atoms with E-state index in [1.165, 1.54) is 16.7 Å². The van der Waals surface area contributed by atoms with Crippen molar-refractivity contribution in [2.75, 3.05) is 18.4 Å². The first-order chi connectivity index (χ1) is 12.1. The van der Waals surface area contributed by atoms with Crippen LogP contribution in [0.4, 0.5) is 10.5 Å². The topological polar surface area (TPSA) is 41.6 Å². The van der Waals surface area contributed by atoms with Crippen LogP contribution in [0, 0.1) is 13.8 Å². The van der Waals surface area contributed by atoms with Crippen molar-refractivity contribution in [1.82, 2.24) is 4.90 Å². The van der Waals surface area contributed by atoms with Gasteiger partial charge in [0.2, 0.25) is 0 Å². The van der Waals surface area contributed by atoms with Crippen molar-refractivity contribution in [2.45, 2.75) is 39.4 Å². The highest BCUT2D eigenvalue weighted by atomic mass is 16.5. The third kappa shape index (κ3) is 4.83. The van der Waals surface area contributed by atoms with E-state index in [1.807, 2.05) is 48.2 Å². The van der Waals surface area contributed by atoms with E-state index in [0.29, 0.717) is 13.2 Å². The van der Waals surface area contributed by atoms with E-state index in [-0.39, 0.29) is 12.1 Å². The number of urea groups is 1. The first kappa shape index (κ1) is 17.5. The zero-order chi connectivity index (χ0) is 17.6. The maximum absolute atomic E-state index is 12.5. The van der Waals surface area contributed by atoms with Gasteiger partial charge in [-0.05, 0) is 49.9 Å². The van der Waals surface area contributed by atoms with Crippen LogP contribution in [0.2, 0.25) is 0 Å². The molecule has 0 unspecified atom stereocenters. The summed E-state index contributed by atoms with van der Waals surface area (Å²) in [5, 5.41) is 2.97. The van der Waals surface area contributed by atoms with E-state index in [0.717, 1.165) is 25.1 Å². The Balaban J connectivity index is 1.52. The number of nitrogens with zero attached hydrogens (tertiary/aromatic N) is 1. The van der Waals surface area contributed by atoms with E-state index in [4.69, 9.17) is 4.74 Å². The van der Waals surface area contributed by atoms with Crippen LogP contribution in [-0.2, 0) is 11.3 Å². The first-order valence-corrected chi connectivity index (χ1v) is 8.90. The predicted octanol–water partition coefficient (Wildman–Crippen LogP) is 4.52. The van der Waals surface area contributed by atoms with Gasteiger partial charge in [-0.15, -0.1) is 0 Å². The zero-order valence-electron chi connectivity index (χ0n) is 15.0. The Labute approximate surface area is 149 Å². The molecule has 0 radical (unpaired) electrons. The molecule has 0 saturated carbocycles. The number of ether oxygens (including phenoxy) is 1. The van der Waals surface area contributed by atoms with Crippen molar-refractivity contribution in [2.24, 2.45) is 0 Å². The van der Waals surface area contributed by atoms with Gasteiger partial charge in [0, 0.05) is 18.8 Å². The highest BCUT2D eigenvalue weighted by Gasteiger charge is 2.24. The molecule has 1 aliphatic heterocycles. The summed E-state index contributed by atoms with van der Waals surface area (Å²) in [6.07, 6.45) is 2.07. The molecule has 4 nitrogen and oxygen atoms in total. The first-order valence-electron chi connectivity index (χ1n) is 8.90. The average Bonchev–Trinajstić information content (AvgIpc) is 2.63. The van der Waals surface area contributed by atoms with Crippen LogP contribution in [-0.4, -0.2) is 30.1 Å². The minimum atomic E-state index is -0.0481. The minimum absolute atomic E-state index is 0.0481. The van der Waals surface area contributed by atoms with Crippen LogP contribution >= 0.6 is 0 Å². The number of benzene rings is 2. The minimum Gasteiger partial charge on any atom is -0.372 e. The molecule has 1 saturated heterocycles. The van der Waals surface area contributed by atoms with Crippen LogP contribution < -0.4 is 5.32 Å². The third-order valence-electron chi connectivity index (χ3n) is 4.70. The number of hydrogen-bond donors (Lipinski definition) is 1. The van der Waals surface area contributed by atoms with E-state index in [2.05, 4.69) is 24.4 Å². The third-order valence-corrected chi connectivity index (χ3v) is 4.70. The predicted molar refractivity (Wildman–Crippen MR) is 101 cm³/mol. The fraction of sp³-hybridized carbons (Fsp3) is 0.381. The van der Waals surface area contributed by atoms with E-state index in [1.54, 1.807) is 0 Å². The smallest absolute Gasteiger partial charge is 0.321 e. The number of anilines is 1. The molecule has 1 atom stereocenters. The summed E-state index contributed by atoms with van der Waals surface area (Å²) in [6, 6.07) is 16.1. The number of carbonyl (C=O) groups excluding carboxylic acids is 1. The largest absolute Gasteiger partial charge is 0.372 e. The van der Waals surface area contributed by atoms with Crippen LogP contribution in [0.5, 0.6) is 0 Å². The highest BCUT2D eigenvalue weighted by Crippen LogP contribution is 2.18. The fourth-order valence-electron chi connectivity index (χ4n) is 3.08. The fourth-order valence-corrected chi connectivity index (χ4v) is 3.08. The van der Waals surface area contributed by atoms with Crippen molar-refractivity contribution in [3.63, 3.8) is 0 Å². The van der Waals surface area contributed by atoms with E-state index < -0.39 is 0 Å². The summed E-state index contributed by atoms with van der Waals surface area (Å²) in [5.41, 5.74) is 4.47. The summed E-state index contributed by atoms with van der Waals surface area (Å²) < 4.78 is 6.07. The van der Waals surface area contributed by atoms with Gasteiger partial charge in [-0.25, -0.2) is 4.79 Å². The molecule has 1 aliphatic rings. The monoisotopic (exact) mass is 338 g/mol. The molecule has 25 heavy (non-hydrogen) atoms. The van der Waals surface area contributed by atoms with Gasteiger partial charge in [0.15, 0.2) is 0 Å². The maximum atomic E-state index is 12.5. The molecule has 4 heteroatoms. The zero-order valence-corrected chi connectivity index (χ0v) is 15.0. The van der Waals surface area contributed by atoms with Gasteiger partial charge >= 0.3 is 6.03 Å². The molecular formula is C21H26N2O2. The Hall–Kier alpha value is -2.33. The Morgan fingerprint density at radius 1 is 1.16 bits per heavy atom. The van der Waals surface area contributed by atoms with Gasteiger partial charge in [-0.3, -0.25) is 0 Å². The second-order valence-corrected chi connectivity index (χ2v) is 6.74. The lowest BCUT2D eigenvalue weighted by molar-refractivity contribution is 0.000830. The summed E-state index contributed by atoms with van der Waals surface area (Å²) in [7, 11) is 0. The van der Waals surface area contributed by atoms with Crippen molar-refractivity contribution < 1.29 is 9.53 Å². The number of piperidine rings is 1. The molecule has 0 spiro atoms. The number of hydrogen-bond acceptors (Lipinski definition) is 2. The number of aryl methyl sites for hydroxylation is 2. The Bertz CT molecular complexity index is 712. The molecule has 1 fully saturated rings. The lowest BCUT2D eigenvalue weighted by Gasteiger charge is -2.32. The molecule has 132 valence electrons. The number of carbonyl (C=O) groups is 1. The van der Waals surface area contributed by atoms with Gasteiger partial charge in [0.1, 0.15) is 0 Å². The molecule has 0 aliphatic carbocycles. The van der Waals surface area contributed by atoms with Crippen molar-refractivity contribution in [3.05, 3.63) is 65.2 Å². The number of nitrogens with one attached hydrogen (secondary N) is 1. The maximum Gasteiger partial charge on any atom is 0.321 e. The number of likely N-dealkylation sites (tertiary alicyclic amines) is 1. The molecule has 1 N–H and O–H groups in total. The molecule has 2 aromatic carbocycles. The summed E-state index contributed by atoms with van der Waals surface area (Å²) in [4.78, 5) is 14.3. The molecule has 2 amide bonds. The summed E-state index contributed by atoms with van der Waals surface area (Å²) in [5.74, 6) is 0. The van der Waals surface area contributed by atoms with Gasteiger partial charge in [0.25, 0.3) is 0 Å². The van der Waals surface area contributed by atoms with Crippen molar-refractivity contribution in [1.29, 1.82) is 0 Å². The van der Waals surface area contributed by atoms with Crippen LogP contribution in [0.1, 0.15) is 29.5 Å². The van der Waals surface area contributed by atoms with Crippen LogP contribution in [0.3, 0.4) is 0 Å². The summed E-state index contributed by atoms with van der Waals surface area (Å²) >= 11 is 0. The van der Waals surface area contributed by atoms with Crippen LogP contribution in [0.25, 0.3) is 0 Å². The number of amides is 2. The normalized spacial score (nSPS) is 17.4. The SMILES string of the molecule is Cc1ccc(NC(=O)N2CCC[C@H](OCc3ccccc3C)C2)cc1. The second-order valence-electron chi connectivity index (χ2n) is 6.74. The Morgan fingerprint density at radius 3 is 2.68 bits per heavy atom. The van der Waals surface area contributed by atoms with Crippen molar-refractivity contribution in [3.8, 4) is 0 Å². The van der Waals surface area contributed by atoms with Crippen molar-refractivity contribution >= 4 is 11.7 Å². The van der Waals surface area contributed by atoms with E-state index >= 15 is 0 Å². The molecule has 0 aromatic heterocycles. The van der Waals surface area contributed by atoms with Gasteiger partial charge in [-0.1, -0.05) is 42.0 Å². The number of rotatable bonds is 4. The second kappa shape index (κ2) is 8.17. The lowest BCUT2D eigenvalue weighted by Crippen LogP contribution is -2.45. The van der Waals surface area contributed by atoms with E-state index in [9.17, 15) is 4.79 Å². The molecule has 2 aromatic rings. The molecule has 0 bridgehead atoms. The standard InChI is InChI=1S/C21H26N2O2/c1-16-9-11-19(12-10-16)22-21(24)23-13-5-8-20(14-23)25-15-18-7-4-3-6-17(18)2/h3-4,6-7,9-12,20H,5,8,13-15H2,1-2H3,(H,22,24)/t20-/m0/s1. The van der Waals surface area contributed by atoms with Gasteiger partial charge < -0.3 is 15.0 Å². The highest BCUT2D eigenvalue weighted by molar-refractivity contribution is 5.89. The van der Waals surface area contributed by atoms with Gasteiger partial charge in [-0.2, -0.15) is 0 Å². The Morgan fingerprint density at radius 2 is 1.92 bits per heavy atom. The molecule has 3 rings (SSSR count).